The smallest absolute Gasteiger partial charge is 0.410 e. The van der Waals surface area contributed by atoms with Gasteiger partial charge in [0.05, 0.1) is 6.10 Å². The summed E-state index contributed by atoms with van der Waals surface area (Å²) in [7, 11) is 0. The molecule has 2 atom stereocenters. The number of likely N-dealkylation sites (tertiary alicyclic amines) is 1. The molecule has 2 aliphatic rings. The molecule has 1 heterocycles. The summed E-state index contributed by atoms with van der Waals surface area (Å²) in [4.78, 5) is 13.5. The van der Waals surface area contributed by atoms with Crippen LogP contribution >= 0.6 is 0 Å². The Hall–Kier alpha value is -0.810. The van der Waals surface area contributed by atoms with E-state index in [-0.39, 0.29) is 12.2 Å². The minimum Gasteiger partial charge on any atom is -0.444 e. The summed E-state index contributed by atoms with van der Waals surface area (Å²) in [6.45, 7) is 8.04. The first kappa shape index (κ1) is 14.6. The molecule has 2 N–H and O–H groups in total. The Morgan fingerprint density at radius 3 is 2.58 bits per heavy atom. The minimum atomic E-state index is -0.421. The normalized spacial score (nSPS) is 28.3. The van der Waals surface area contributed by atoms with Crippen molar-refractivity contribution >= 4 is 6.09 Å². The Kier molecular flexibility index (Phi) is 4.36. The maximum Gasteiger partial charge on any atom is 0.410 e. The van der Waals surface area contributed by atoms with Crippen molar-refractivity contribution in [2.24, 2.45) is 5.92 Å². The van der Waals surface area contributed by atoms with Gasteiger partial charge in [0.2, 0.25) is 0 Å². The molecule has 0 bridgehead atoms. The van der Waals surface area contributed by atoms with Gasteiger partial charge in [-0.05, 0) is 52.5 Å². The summed E-state index contributed by atoms with van der Waals surface area (Å²) in [5, 5.41) is 12.9. The molecule has 19 heavy (non-hydrogen) atoms. The molecule has 110 valence electrons. The molecule has 0 aromatic rings. The summed E-state index contributed by atoms with van der Waals surface area (Å²) in [6.07, 6.45) is 2.63. The fourth-order valence-electron chi connectivity index (χ4n) is 2.65. The van der Waals surface area contributed by atoms with E-state index in [1.54, 1.807) is 4.90 Å². The Balaban J connectivity index is 1.60. The fourth-order valence-corrected chi connectivity index (χ4v) is 2.65. The van der Waals surface area contributed by atoms with E-state index in [0.29, 0.717) is 12.0 Å². The number of nitrogens with one attached hydrogen (secondary N) is 1. The number of hydrogen-bond donors (Lipinski definition) is 2. The van der Waals surface area contributed by atoms with Crippen LogP contribution in [0.2, 0.25) is 0 Å². The van der Waals surface area contributed by atoms with Crippen molar-refractivity contribution in [2.45, 2.75) is 57.8 Å². The molecule has 1 aliphatic heterocycles. The highest BCUT2D eigenvalue weighted by Crippen LogP contribution is 2.25. The van der Waals surface area contributed by atoms with Crippen LogP contribution in [0.25, 0.3) is 0 Å². The van der Waals surface area contributed by atoms with E-state index >= 15 is 0 Å². The highest BCUT2D eigenvalue weighted by Gasteiger charge is 2.34. The van der Waals surface area contributed by atoms with E-state index in [0.717, 1.165) is 38.9 Å². The molecular weight excluding hydrogens is 244 g/mol. The number of rotatable bonds is 3. The van der Waals surface area contributed by atoms with Gasteiger partial charge in [-0.2, -0.15) is 0 Å². The number of carbonyl (C=O) groups is 1. The van der Waals surface area contributed by atoms with Gasteiger partial charge in [0.15, 0.2) is 0 Å². The Morgan fingerprint density at radius 1 is 1.37 bits per heavy atom. The summed E-state index contributed by atoms with van der Waals surface area (Å²) < 4.78 is 5.31. The zero-order valence-corrected chi connectivity index (χ0v) is 12.2. The predicted octanol–water partition coefficient (Wildman–Crippen LogP) is 1.36. The molecule has 0 spiro atoms. The van der Waals surface area contributed by atoms with Gasteiger partial charge in [0, 0.05) is 19.1 Å². The lowest BCUT2D eigenvalue weighted by Gasteiger charge is -2.40. The van der Waals surface area contributed by atoms with E-state index in [9.17, 15) is 9.90 Å². The van der Waals surface area contributed by atoms with Crippen LogP contribution in [0.4, 0.5) is 4.79 Å². The molecule has 5 nitrogen and oxygen atoms in total. The first-order valence-electron chi connectivity index (χ1n) is 7.23. The second kappa shape index (κ2) is 5.67. The van der Waals surface area contributed by atoms with Crippen LogP contribution in [0.5, 0.6) is 0 Å². The summed E-state index contributed by atoms with van der Waals surface area (Å²) in [5.74, 6) is 0.588. The van der Waals surface area contributed by atoms with Gasteiger partial charge in [0.25, 0.3) is 0 Å². The molecular formula is C14H26N2O3. The molecule has 2 rings (SSSR count). The third kappa shape index (κ3) is 4.35. The van der Waals surface area contributed by atoms with Crippen molar-refractivity contribution in [3.63, 3.8) is 0 Å². The summed E-state index contributed by atoms with van der Waals surface area (Å²) in [5.41, 5.74) is -0.421. The van der Waals surface area contributed by atoms with Crippen LogP contribution in [-0.2, 0) is 4.74 Å². The molecule has 0 aromatic carbocycles. The van der Waals surface area contributed by atoms with Gasteiger partial charge in [-0.3, -0.25) is 0 Å². The third-order valence-corrected chi connectivity index (χ3v) is 3.74. The number of aliphatic hydroxyl groups excluding tert-OH is 1. The highest BCUT2D eigenvalue weighted by molar-refractivity contribution is 5.69. The third-order valence-electron chi connectivity index (χ3n) is 3.74. The summed E-state index contributed by atoms with van der Waals surface area (Å²) in [6, 6.07) is 0.380. The minimum absolute atomic E-state index is 0.105. The van der Waals surface area contributed by atoms with Crippen molar-refractivity contribution < 1.29 is 14.6 Å². The first-order valence-corrected chi connectivity index (χ1v) is 7.23. The second-order valence-electron chi connectivity index (χ2n) is 6.82. The van der Waals surface area contributed by atoms with Crippen molar-refractivity contribution in [2.75, 3.05) is 19.6 Å². The Bertz CT molecular complexity index is 321. The van der Waals surface area contributed by atoms with E-state index in [4.69, 9.17) is 4.74 Å². The number of nitrogens with zero attached hydrogens (tertiary/aromatic N) is 1. The number of aliphatic hydroxyl groups is 1. The zero-order chi connectivity index (χ0) is 14.0. The van der Waals surface area contributed by atoms with Crippen LogP contribution < -0.4 is 5.32 Å². The molecule has 0 aromatic heterocycles. The van der Waals surface area contributed by atoms with E-state index < -0.39 is 5.60 Å². The second-order valence-corrected chi connectivity index (χ2v) is 6.82. The standard InChI is InChI=1S/C14H26N2O3/c1-14(2,3)19-13(18)16-8-11(9-16)15-7-10-4-5-12(17)6-10/h10-12,15,17H,4-9H2,1-3H3. The lowest BCUT2D eigenvalue weighted by molar-refractivity contribution is 0.00501. The molecule has 0 radical (unpaired) electrons. The average molecular weight is 270 g/mol. The quantitative estimate of drug-likeness (QED) is 0.813. The summed E-state index contributed by atoms with van der Waals surface area (Å²) >= 11 is 0. The first-order chi connectivity index (χ1) is 8.83. The van der Waals surface area contributed by atoms with Gasteiger partial charge in [-0.25, -0.2) is 4.79 Å². The molecule has 1 saturated heterocycles. The highest BCUT2D eigenvalue weighted by atomic mass is 16.6. The van der Waals surface area contributed by atoms with E-state index in [1.165, 1.54) is 0 Å². The fraction of sp³-hybridized carbons (Fsp3) is 0.929. The van der Waals surface area contributed by atoms with Crippen LogP contribution in [0.1, 0.15) is 40.0 Å². The van der Waals surface area contributed by atoms with Gasteiger partial charge in [0.1, 0.15) is 5.60 Å². The monoisotopic (exact) mass is 270 g/mol. The van der Waals surface area contributed by atoms with Crippen molar-refractivity contribution in [3.05, 3.63) is 0 Å². The van der Waals surface area contributed by atoms with E-state index in [1.807, 2.05) is 20.8 Å². The number of amides is 1. The van der Waals surface area contributed by atoms with Gasteiger partial charge in [-0.1, -0.05) is 0 Å². The Labute approximate surface area is 115 Å². The number of carbonyl (C=O) groups excluding carboxylic acids is 1. The molecule has 1 amide bonds. The number of ether oxygens (including phenoxy) is 1. The molecule has 5 heteroatoms. The lowest BCUT2D eigenvalue weighted by Crippen LogP contribution is -2.61. The van der Waals surface area contributed by atoms with Crippen LogP contribution in [0.3, 0.4) is 0 Å². The lowest BCUT2D eigenvalue weighted by atomic mass is 10.1. The SMILES string of the molecule is CC(C)(C)OC(=O)N1CC(NCC2CCC(O)C2)C1. The van der Waals surface area contributed by atoms with E-state index in [2.05, 4.69) is 5.32 Å². The van der Waals surface area contributed by atoms with Crippen LogP contribution in [-0.4, -0.2) is 53.5 Å². The largest absolute Gasteiger partial charge is 0.444 e. The molecule has 2 unspecified atom stereocenters. The van der Waals surface area contributed by atoms with Crippen molar-refractivity contribution in [3.8, 4) is 0 Å². The van der Waals surface area contributed by atoms with Crippen LogP contribution in [0.15, 0.2) is 0 Å². The van der Waals surface area contributed by atoms with Crippen molar-refractivity contribution in [1.82, 2.24) is 10.2 Å². The molecule has 1 aliphatic carbocycles. The maximum atomic E-state index is 11.7. The molecule has 1 saturated carbocycles. The van der Waals surface area contributed by atoms with Gasteiger partial charge in [-0.15, -0.1) is 0 Å². The van der Waals surface area contributed by atoms with Gasteiger partial charge >= 0.3 is 6.09 Å². The topological polar surface area (TPSA) is 61.8 Å². The zero-order valence-electron chi connectivity index (χ0n) is 12.2. The molecule has 2 fully saturated rings. The Morgan fingerprint density at radius 2 is 2.05 bits per heavy atom. The number of hydrogen-bond acceptors (Lipinski definition) is 4. The average Bonchev–Trinajstić information content (AvgIpc) is 2.59. The predicted molar refractivity (Wildman–Crippen MR) is 72.9 cm³/mol. The van der Waals surface area contributed by atoms with Crippen LogP contribution in [0, 0.1) is 5.92 Å². The van der Waals surface area contributed by atoms with Gasteiger partial charge < -0.3 is 20.1 Å². The maximum absolute atomic E-state index is 11.7. The van der Waals surface area contributed by atoms with Crippen molar-refractivity contribution in [1.29, 1.82) is 0 Å².